The lowest BCUT2D eigenvalue weighted by Gasteiger charge is -2.12. The van der Waals surface area contributed by atoms with E-state index in [1.165, 1.54) is 12.8 Å². The van der Waals surface area contributed by atoms with Crippen molar-refractivity contribution in [1.29, 1.82) is 0 Å². The Morgan fingerprint density at radius 2 is 2.15 bits per heavy atom. The van der Waals surface area contributed by atoms with Crippen LogP contribution < -0.4 is 10.1 Å². The highest BCUT2D eigenvalue weighted by Gasteiger charge is 2.21. The first-order chi connectivity index (χ1) is 9.81. The lowest BCUT2D eigenvalue weighted by atomic mass is 10.2. The molecule has 1 aliphatic rings. The van der Waals surface area contributed by atoms with E-state index in [-0.39, 0.29) is 0 Å². The zero-order valence-electron chi connectivity index (χ0n) is 11.7. The van der Waals surface area contributed by atoms with E-state index >= 15 is 0 Å². The normalized spacial score (nSPS) is 14.2. The van der Waals surface area contributed by atoms with Gasteiger partial charge < -0.3 is 10.1 Å². The molecule has 0 atom stereocenters. The lowest BCUT2D eigenvalue weighted by Crippen LogP contribution is -2.17. The summed E-state index contributed by atoms with van der Waals surface area (Å²) in [6.07, 6.45) is 4.33. The van der Waals surface area contributed by atoms with Crippen molar-refractivity contribution in [3.63, 3.8) is 0 Å². The van der Waals surface area contributed by atoms with Crippen molar-refractivity contribution in [3.8, 4) is 5.75 Å². The molecule has 0 aliphatic heterocycles. The van der Waals surface area contributed by atoms with Crippen LogP contribution >= 0.6 is 0 Å². The summed E-state index contributed by atoms with van der Waals surface area (Å²) in [5.41, 5.74) is 2.92. The van der Waals surface area contributed by atoms with Gasteiger partial charge in [0.1, 0.15) is 12.4 Å². The smallest absolute Gasteiger partial charge is 0.142 e. The monoisotopic (exact) mass is 269 g/mol. The van der Waals surface area contributed by atoms with E-state index in [0.717, 1.165) is 29.4 Å². The molecule has 2 aromatic rings. The van der Waals surface area contributed by atoms with Gasteiger partial charge in [-0.15, -0.1) is 0 Å². The highest BCUT2D eigenvalue weighted by atomic mass is 16.5. The van der Waals surface area contributed by atoms with Crippen LogP contribution in [0.3, 0.4) is 0 Å². The lowest BCUT2D eigenvalue weighted by molar-refractivity contribution is 0.295. The van der Waals surface area contributed by atoms with Gasteiger partial charge in [-0.1, -0.05) is 6.07 Å². The third-order valence-electron chi connectivity index (χ3n) is 3.31. The molecule has 4 heteroatoms. The summed E-state index contributed by atoms with van der Waals surface area (Å²) < 4.78 is 5.87. The Kier molecular flexibility index (Phi) is 3.92. The second-order valence-corrected chi connectivity index (χ2v) is 5.16. The quantitative estimate of drug-likeness (QED) is 0.875. The minimum atomic E-state index is 0.474. The maximum Gasteiger partial charge on any atom is 0.142 e. The molecule has 1 N–H and O–H groups in total. The SMILES string of the molecule is Cc1ccc(OCc2ccccn2)c(CNC2CC2)n1. The minimum Gasteiger partial charge on any atom is -0.485 e. The van der Waals surface area contributed by atoms with Crippen molar-refractivity contribution in [3.05, 3.63) is 53.6 Å². The molecule has 0 amide bonds. The van der Waals surface area contributed by atoms with E-state index in [2.05, 4.69) is 15.3 Å². The largest absolute Gasteiger partial charge is 0.485 e. The summed E-state index contributed by atoms with van der Waals surface area (Å²) in [5, 5.41) is 3.48. The van der Waals surface area contributed by atoms with E-state index < -0.39 is 0 Å². The molecule has 1 aliphatic carbocycles. The van der Waals surface area contributed by atoms with Gasteiger partial charge in [-0.3, -0.25) is 9.97 Å². The highest BCUT2D eigenvalue weighted by molar-refractivity contribution is 5.29. The van der Waals surface area contributed by atoms with Crippen molar-refractivity contribution in [2.45, 2.75) is 39.0 Å². The fourth-order valence-electron chi connectivity index (χ4n) is 2.02. The Bertz CT molecular complexity index is 567. The zero-order valence-corrected chi connectivity index (χ0v) is 11.7. The molecule has 0 spiro atoms. The molecule has 0 bridgehead atoms. The van der Waals surface area contributed by atoms with E-state index in [1.54, 1.807) is 6.20 Å². The van der Waals surface area contributed by atoms with Gasteiger partial charge in [0.15, 0.2) is 0 Å². The van der Waals surface area contributed by atoms with Crippen LogP contribution in [-0.4, -0.2) is 16.0 Å². The predicted octanol–water partition coefficient (Wildman–Crippen LogP) is 2.62. The maximum absolute atomic E-state index is 5.87. The third-order valence-corrected chi connectivity index (χ3v) is 3.31. The zero-order chi connectivity index (χ0) is 13.8. The number of rotatable bonds is 6. The number of hydrogen-bond acceptors (Lipinski definition) is 4. The number of aryl methyl sites for hydroxylation is 1. The van der Waals surface area contributed by atoms with E-state index in [9.17, 15) is 0 Å². The first kappa shape index (κ1) is 13.1. The molecule has 4 nitrogen and oxygen atoms in total. The Balaban J connectivity index is 1.67. The molecule has 3 rings (SSSR count). The van der Waals surface area contributed by atoms with Crippen molar-refractivity contribution in [2.75, 3.05) is 0 Å². The molecule has 1 saturated carbocycles. The second-order valence-electron chi connectivity index (χ2n) is 5.16. The van der Waals surface area contributed by atoms with Crippen LogP contribution in [0.25, 0.3) is 0 Å². The molecule has 0 saturated heterocycles. The standard InChI is InChI=1S/C16H19N3O/c1-12-5-8-16(15(19-12)10-18-13-6-7-13)20-11-14-4-2-3-9-17-14/h2-5,8-9,13,18H,6-7,10-11H2,1H3. The number of nitrogens with zero attached hydrogens (tertiary/aromatic N) is 2. The van der Waals surface area contributed by atoms with Gasteiger partial charge >= 0.3 is 0 Å². The third kappa shape index (κ3) is 3.54. The molecular weight excluding hydrogens is 250 g/mol. The Morgan fingerprint density at radius 1 is 1.25 bits per heavy atom. The molecule has 2 heterocycles. The Morgan fingerprint density at radius 3 is 2.90 bits per heavy atom. The number of ether oxygens (including phenoxy) is 1. The van der Waals surface area contributed by atoms with Gasteiger partial charge in [-0.25, -0.2) is 0 Å². The van der Waals surface area contributed by atoms with Gasteiger partial charge in [0.05, 0.1) is 11.4 Å². The number of aromatic nitrogens is 2. The van der Waals surface area contributed by atoms with Crippen molar-refractivity contribution < 1.29 is 4.74 Å². The van der Waals surface area contributed by atoms with E-state index in [4.69, 9.17) is 4.74 Å². The summed E-state index contributed by atoms with van der Waals surface area (Å²) >= 11 is 0. The predicted molar refractivity (Wildman–Crippen MR) is 77.4 cm³/mol. The summed E-state index contributed by atoms with van der Waals surface area (Å²) in [4.78, 5) is 8.84. The Labute approximate surface area is 119 Å². The summed E-state index contributed by atoms with van der Waals surface area (Å²) in [7, 11) is 0. The molecular formula is C16H19N3O. The van der Waals surface area contributed by atoms with E-state index in [1.807, 2.05) is 37.3 Å². The summed E-state index contributed by atoms with van der Waals surface area (Å²) in [6, 6.07) is 10.5. The summed E-state index contributed by atoms with van der Waals surface area (Å²) in [5.74, 6) is 0.842. The fourth-order valence-corrected chi connectivity index (χ4v) is 2.02. The van der Waals surface area contributed by atoms with Crippen LogP contribution in [0.2, 0.25) is 0 Å². The van der Waals surface area contributed by atoms with Crippen molar-refractivity contribution >= 4 is 0 Å². The Hall–Kier alpha value is -1.94. The van der Waals surface area contributed by atoms with E-state index in [0.29, 0.717) is 12.6 Å². The molecule has 104 valence electrons. The highest BCUT2D eigenvalue weighted by Crippen LogP contribution is 2.22. The van der Waals surface area contributed by atoms with Crippen molar-refractivity contribution in [2.24, 2.45) is 0 Å². The van der Waals surface area contributed by atoms with Gasteiger partial charge in [-0.05, 0) is 44.0 Å². The maximum atomic E-state index is 5.87. The summed E-state index contributed by atoms with van der Waals surface area (Å²) in [6.45, 7) is 3.25. The van der Waals surface area contributed by atoms with Gasteiger partial charge in [0, 0.05) is 24.5 Å². The first-order valence-corrected chi connectivity index (χ1v) is 7.04. The second kappa shape index (κ2) is 6.01. The van der Waals surface area contributed by atoms with Crippen LogP contribution in [-0.2, 0) is 13.2 Å². The van der Waals surface area contributed by atoms with Crippen LogP contribution in [0, 0.1) is 6.92 Å². The molecule has 0 unspecified atom stereocenters. The molecule has 1 fully saturated rings. The first-order valence-electron chi connectivity index (χ1n) is 7.04. The molecule has 0 radical (unpaired) electrons. The van der Waals surface area contributed by atoms with Gasteiger partial charge in [0.2, 0.25) is 0 Å². The molecule has 20 heavy (non-hydrogen) atoms. The number of hydrogen-bond donors (Lipinski definition) is 1. The van der Waals surface area contributed by atoms with Crippen LogP contribution in [0.5, 0.6) is 5.75 Å². The number of nitrogens with one attached hydrogen (secondary N) is 1. The van der Waals surface area contributed by atoms with Crippen molar-refractivity contribution in [1.82, 2.24) is 15.3 Å². The van der Waals surface area contributed by atoms with Crippen LogP contribution in [0.1, 0.15) is 29.9 Å². The average molecular weight is 269 g/mol. The van der Waals surface area contributed by atoms with Crippen LogP contribution in [0.15, 0.2) is 36.5 Å². The molecule has 0 aromatic carbocycles. The molecule has 2 aromatic heterocycles. The fraction of sp³-hybridized carbons (Fsp3) is 0.375. The topological polar surface area (TPSA) is 47.0 Å². The van der Waals surface area contributed by atoms with Crippen LogP contribution in [0.4, 0.5) is 0 Å². The van der Waals surface area contributed by atoms with Gasteiger partial charge in [0.25, 0.3) is 0 Å². The average Bonchev–Trinajstić information content (AvgIpc) is 3.29. The number of pyridine rings is 2. The van der Waals surface area contributed by atoms with Gasteiger partial charge in [-0.2, -0.15) is 0 Å². The minimum absolute atomic E-state index is 0.474.